The van der Waals surface area contributed by atoms with Gasteiger partial charge in [-0.3, -0.25) is 4.79 Å². The molecule has 0 saturated carbocycles. The molecular weight excluding hydrogens is 310 g/mol. The summed E-state index contributed by atoms with van der Waals surface area (Å²) in [6, 6.07) is 9.71. The Labute approximate surface area is 142 Å². The summed E-state index contributed by atoms with van der Waals surface area (Å²) in [4.78, 5) is 12.5. The fourth-order valence-electron chi connectivity index (χ4n) is 2.57. The van der Waals surface area contributed by atoms with Crippen LogP contribution >= 0.6 is 11.6 Å². The fraction of sp³-hybridized carbons (Fsp3) is 0.444. The number of aromatic nitrogens is 2. The number of hydrogen-bond donors (Lipinski definition) is 1. The minimum atomic E-state index is -0.154. The van der Waals surface area contributed by atoms with Crippen LogP contribution in [0.2, 0.25) is 5.15 Å². The van der Waals surface area contributed by atoms with Crippen LogP contribution in [0.5, 0.6) is 0 Å². The number of halogens is 1. The minimum Gasteiger partial charge on any atom is -0.349 e. The summed E-state index contributed by atoms with van der Waals surface area (Å²) < 4.78 is 1.60. The lowest BCUT2D eigenvalue weighted by Crippen LogP contribution is -2.32. The van der Waals surface area contributed by atoms with Crippen molar-refractivity contribution in [3.05, 3.63) is 46.7 Å². The Hall–Kier alpha value is -1.81. The highest BCUT2D eigenvalue weighted by molar-refractivity contribution is 6.33. The second-order valence-electron chi connectivity index (χ2n) is 5.87. The molecule has 124 valence electrons. The molecule has 5 heteroatoms. The van der Waals surface area contributed by atoms with Crippen LogP contribution in [-0.4, -0.2) is 21.7 Å². The summed E-state index contributed by atoms with van der Waals surface area (Å²) in [6.45, 7) is 6.00. The van der Waals surface area contributed by atoms with Crippen LogP contribution in [0.15, 0.2) is 30.3 Å². The third-order valence-corrected chi connectivity index (χ3v) is 4.20. The summed E-state index contributed by atoms with van der Waals surface area (Å²) >= 11 is 6.41. The normalized spacial score (nSPS) is 12.2. The first-order chi connectivity index (χ1) is 11.0. The molecule has 1 N–H and O–H groups in total. The molecule has 1 aromatic carbocycles. The minimum absolute atomic E-state index is 0.129. The van der Waals surface area contributed by atoms with Gasteiger partial charge in [-0.2, -0.15) is 5.10 Å². The van der Waals surface area contributed by atoms with E-state index in [1.54, 1.807) is 4.68 Å². The Morgan fingerprint density at radius 3 is 2.65 bits per heavy atom. The van der Waals surface area contributed by atoms with E-state index in [2.05, 4.69) is 17.3 Å². The van der Waals surface area contributed by atoms with Gasteiger partial charge in [0.15, 0.2) is 0 Å². The number of benzene rings is 1. The van der Waals surface area contributed by atoms with Crippen LogP contribution in [-0.2, 0) is 0 Å². The van der Waals surface area contributed by atoms with Gasteiger partial charge in [-0.05, 0) is 32.4 Å². The third kappa shape index (κ3) is 4.35. The molecule has 23 heavy (non-hydrogen) atoms. The van der Waals surface area contributed by atoms with Crippen molar-refractivity contribution in [2.45, 2.75) is 52.5 Å². The van der Waals surface area contributed by atoms with E-state index in [0.717, 1.165) is 18.5 Å². The maximum Gasteiger partial charge on any atom is 0.256 e. The van der Waals surface area contributed by atoms with Gasteiger partial charge in [-0.1, -0.05) is 56.0 Å². The van der Waals surface area contributed by atoms with Crippen LogP contribution in [0.4, 0.5) is 0 Å². The molecule has 1 heterocycles. The number of carbonyl (C=O) groups excluding carboxylic acids is 1. The first-order valence-corrected chi connectivity index (χ1v) is 8.53. The molecule has 0 aliphatic heterocycles. The largest absolute Gasteiger partial charge is 0.349 e. The van der Waals surface area contributed by atoms with E-state index < -0.39 is 0 Å². The Morgan fingerprint density at radius 1 is 1.30 bits per heavy atom. The molecule has 1 aromatic heterocycles. The monoisotopic (exact) mass is 333 g/mol. The smallest absolute Gasteiger partial charge is 0.256 e. The van der Waals surface area contributed by atoms with Gasteiger partial charge in [0.25, 0.3) is 5.91 Å². The Bertz CT molecular complexity index is 652. The average molecular weight is 334 g/mol. The quantitative estimate of drug-likeness (QED) is 0.756. The Balaban J connectivity index is 2.14. The first-order valence-electron chi connectivity index (χ1n) is 8.16. The van der Waals surface area contributed by atoms with Gasteiger partial charge in [-0.25, -0.2) is 4.68 Å². The number of amides is 1. The number of aryl methyl sites for hydroxylation is 1. The molecule has 1 amide bonds. The molecular formula is C18H24ClN3O. The molecule has 1 atom stereocenters. The summed E-state index contributed by atoms with van der Waals surface area (Å²) in [7, 11) is 0. The van der Waals surface area contributed by atoms with Crippen molar-refractivity contribution in [3.63, 3.8) is 0 Å². The van der Waals surface area contributed by atoms with Gasteiger partial charge >= 0.3 is 0 Å². The van der Waals surface area contributed by atoms with E-state index in [-0.39, 0.29) is 11.9 Å². The molecule has 0 aliphatic carbocycles. The molecule has 2 rings (SSSR count). The highest BCUT2D eigenvalue weighted by Crippen LogP contribution is 2.23. The molecule has 2 aromatic rings. The van der Waals surface area contributed by atoms with Gasteiger partial charge in [-0.15, -0.1) is 0 Å². The van der Waals surface area contributed by atoms with Crippen LogP contribution in [0, 0.1) is 6.92 Å². The lowest BCUT2D eigenvalue weighted by molar-refractivity contribution is 0.0937. The van der Waals surface area contributed by atoms with Crippen LogP contribution in [0.25, 0.3) is 5.69 Å². The number of nitrogens with one attached hydrogen (secondary N) is 1. The number of nitrogens with zero attached hydrogens (tertiary/aromatic N) is 2. The van der Waals surface area contributed by atoms with Crippen molar-refractivity contribution in [2.75, 3.05) is 0 Å². The maximum atomic E-state index is 12.5. The van der Waals surface area contributed by atoms with Crippen LogP contribution < -0.4 is 5.32 Å². The molecule has 0 fully saturated rings. The predicted octanol–water partition coefficient (Wildman–Crippen LogP) is 4.53. The second kappa shape index (κ2) is 8.16. The van der Waals surface area contributed by atoms with Crippen molar-refractivity contribution in [1.29, 1.82) is 0 Å². The summed E-state index contributed by atoms with van der Waals surface area (Å²) in [6.07, 6.45) is 4.46. The average Bonchev–Trinajstić information content (AvgIpc) is 2.83. The standard InChI is InChI=1S/C18H24ClN3O/c1-4-5-7-10-13(2)20-18(23)16-14(3)21-22(17(16)19)15-11-8-6-9-12-15/h6,8-9,11-13H,4-5,7,10H2,1-3H3,(H,20,23). The van der Waals surface area contributed by atoms with Gasteiger partial charge in [0.2, 0.25) is 0 Å². The number of unbranched alkanes of at least 4 members (excludes halogenated alkanes) is 2. The molecule has 0 radical (unpaired) electrons. The number of hydrogen-bond acceptors (Lipinski definition) is 2. The van der Waals surface area contributed by atoms with Gasteiger partial charge in [0.05, 0.1) is 16.9 Å². The molecule has 0 spiro atoms. The SMILES string of the molecule is CCCCCC(C)NC(=O)c1c(C)nn(-c2ccccc2)c1Cl. The van der Waals surface area contributed by atoms with E-state index in [1.165, 1.54) is 12.8 Å². The molecule has 0 bridgehead atoms. The van der Waals surface area contributed by atoms with Crippen molar-refractivity contribution >= 4 is 17.5 Å². The van der Waals surface area contributed by atoms with E-state index in [0.29, 0.717) is 16.4 Å². The summed E-state index contributed by atoms with van der Waals surface area (Å²) in [5, 5.41) is 7.79. The van der Waals surface area contributed by atoms with Crippen LogP contribution in [0.1, 0.15) is 55.6 Å². The molecule has 1 unspecified atom stereocenters. The lowest BCUT2D eigenvalue weighted by atomic mass is 10.1. The zero-order valence-corrected chi connectivity index (χ0v) is 14.7. The molecule has 4 nitrogen and oxygen atoms in total. The van der Waals surface area contributed by atoms with Gasteiger partial charge < -0.3 is 5.32 Å². The number of para-hydroxylation sites is 1. The number of rotatable bonds is 7. The highest BCUT2D eigenvalue weighted by atomic mass is 35.5. The Kier molecular flexibility index (Phi) is 6.22. The van der Waals surface area contributed by atoms with E-state index in [9.17, 15) is 4.79 Å². The van der Waals surface area contributed by atoms with Crippen molar-refractivity contribution in [2.24, 2.45) is 0 Å². The Morgan fingerprint density at radius 2 is 2.00 bits per heavy atom. The topological polar surface area (TPSA) is 46.9 Å². The van der Waals surface area contributed by atoms with E-state index in [1.807, 2.05) is 44.2 Å². The predicted molar refractivity (Wildman–Crippen MR) is 94.4 cm³/mol. The maximum absolute atomic E-state index is 12.5. The van der Waals surface area contributed by atoms with Gasteiger partial charge in [0, 0.05) is 6.04 Å². The van der Waals surface area contributed by atoms with E-state index >= 15 is 0 Å². The van der Waals surface area contributed by atoms with Crippen molar-refractivity contribution in [3.8, 4) is 5.69 Å². The summed E-state index contributed by atoms with van der Waals surface area (Å²) in [5.41, 5.74) is 1.94. The molecule has 0 saturated heterocycles. The third-order valence-electron chi connectivity index (χ3n) is 3.85. The zero-order chi connectivity index (χ0) is 16.8. The second-order valence-corrected chi connectivity index (χ2v) is 6.23. The first kappa shape index (κ1) is 17.5. The number of carbonyl (C=O) groups is 1. The van der Waals surface area contributed by atoms with Crippen molar-refractivity contribution in [1.82, 2.24) is 15.1 Å². The molecule has 0 aliphatic rings. The fourth-order valence-corrected chi connectivity index (χ4v) is 2.92. The highest BCUT2D eigenvalue weighted by Gasteiger charge is 2.22. The van der Waals surface area contributed by atoms with Crippen molar-refractivity contribution < 1.29 is 4.79 Å². The van der Waals surface area contributed by atoms with E-state index in [4.69, 9.17) is 11.6 Å². The van der Waals surface area contributed by atoms with Crippen LogP contribution in [0.3, 0.4) is 0 Å². The lowest BCUT2D eigenvalue weighted by Gasteiger charge is -2.13. The zero-order valence-electron chi connectivity index (χ0n) is 14.0. The van der Waals surface area contributed by atoms with Gasteiger partial charge in [0.1, 0.15) is 5.15 Å². The summed E-state index contributed by atoms with van der Waals surface area (Å²) in [5.74, 6) is -0.154.